The number of nitrogens with one attached hydrogen (secondary N) is 2. The van der Waals surface area contributed by atoms with E-state index in [-0.39, 0.29) is 24.1 Å². The molecule has 0 aromatic heterocycles. The monoisotopic (exact) mass is 457 g/mol. The molecule has 0 saturated carbocycles. The van der Waals surface area contributed by atoms with Crippen LogP contribution in [0, 0.1) is 17.6 Å². The molecule has 178 valence electrons. The summed E-state index contributed by atoms with van der Waals surface area (Å²) in [5, 5.41) is 5.57. The van der Waals surface area contributed by atoms with Crippen molar-refractivity contribution in [3.8, 4) is 0 Å². The molecule has 2 aromatic carbocycles. The number of piperidine rings is 1. The summed E-state index contributed by atoms with van der Waals surface area (Å²) in [6.45, 7) is 6.45. The van der Waals surface area contributed by atoms with Gasteiger partial charge in [0.1, 0.15) is 11.6 Å². The van der Waals surface area contributed by atoms with Gasteiger partial charge in [-0.15, -0.1) is 0 Å². The highest BCUT2D eigenvalue weighted by molar-refractivity contribution is 5.94. The molecule has 2 amide bonds. The second kappa shape index (κ2) is 11.9. The first-order valence-electron chi connectivity index (χ1n) is 11.7. The molecule has 1 unspecified atom stereocenters. The zero-order chi connectivity index (χ0) is 23.8. The van der Waals surface area contributed by atoms with E-state index in [2.05, 4.69) is 29.4 Å². The van der Waals surface area contributed by atoms with Crippen molar-refractivity contribution in [2.24, 2.45) is 5.92 Å². The number of amides is 2. The number of benzene rings is 2. The molecule has 2 aromatic rings. The minimum Gasteiger partial charge on any atom is -0.351 e. The van der Waals surface area contributed by atoms with Crippen LogP contribution in [0.1, 0.15) is 61.0 Å². The van der Waals surface area contributed by atoms with E-state index in [4.69, 9.17) is 0 Å². The first-order chi connectivity index (χ1) is 15.8. The van der Waals surface area contributed by atoms with Crippen molar-refractivity contribution in [2.45, 2.75) is 58.7 Å². The normalized spacial score (nSPS) is 16.6. The van der Waals surface area contributed by atoms with E-state index < -0.39 is 17.5 Å². The van der Waals surface area contributed by atoms with Crippen molar-refractivity contribution >= 4 is 11.8 Å². The van der Waals surface area contributed by atoms with Crippen molar-refractivity contribution in [2.75, 3.05) is 13.1 Å². The fourth-order valence-electron chi connectivity index (χ4n) is 4.03. The van der Waals surface area contributed by atoms with E-state index in [0.717, 1.165) is 56.5 Å². The fraction of sp³-hybridized carbons (Fsp3) is 0.462. The highest BCUT2D eigenvalue weighted by Crippen LogP contribution is 2.19. The summed E-state index contributed by atoms with van der Waals surface area (Å²) in [6.07, 6.45) is 4.16. The van der Waals surface area contributed by atoms with Crippen molar-refractivity contribution in [1.82, 2.24) is 15.5 Å². The van der Waals surface area contributed by atoms with Gasteiger partial charge >= 0.3 is 0 Å². The van der Waals surface area contributed by atoms with Crippen molar-refractivity contribution in [3.05, 3.63) is 70.8 Å². The Hall–Kier alpha value is -2.80. The van der Waals surface area contributed by atoms with Gasteiger partial charge < -0.3 is 10.6 Å². The van der Waals surface area contributed by atoms with Gasteiger partial charge in [0.2, 0.25) is 5.91 Å². The van der Waals surface area contributed by atoms with E-state index in [1.165, 1.54) is 6.07 Å². The zero-order valence-corrected chi connectivity index (χ0v) is 19.4. The number of carbonyl (C=O) groups is 2. The maximum absolute atomic E-state index is 13.7. The van der Waals surface area contributed by atoms with Crippen LogP contribution in [0.3, 0.4) is 0 Å². The predicted octanol–water partition coefficient (Wildman–Crippen LogP) is 4.41. The van der Waals surface area contributed by atoms with E-state index in [9.17, 15) is 18.4 Å². The molecular weight excluding hydrogens is 424 g/mol. The summed E-state index contributed by atoms with van der Waals surface area (Å²) in [7, 11) is 0. The minimum atomic E-state index is -0.692. The number of likely N-dealkylation sites (tertiary alicyclic amines) is 1. The topological polar surface area (TPSA) is 61.4 Å². The molecular formula is C26H33F2N3O2. The van der Waals surface area contributed by atoms with Crippen LogP contribution in [0.25, 0.3) is 0 Å². The molecule has 1 saturated heterocycles. The van der Waals surface area contributed by atoms with Crippen LogP contribution in [0.2, 0.25) is 0 Å². The van der Waals surface area contributed by atoms with Gasteiger partial charge in [0.05, 0.1) is 6.04 Å². The van der Waals surface area contributed by atoms with E-state index in [1.54, 1.807) is 24.3 Å². The van der Waals surface area contributed by atoms with Gasteiger partial charge in [-0.25, -0.2) is 8.78 Å². The SMILES string of the molecule is CC(C)CCN1CCCCC1C(=O)NCc1ccc(C(=O)NCc2c(F)cccc2F)cc1. The van der Waals surface area contributed by atoms with Crippen LogP contribution >= 0.6 is 0 Å². The third-order valence-electron chi connectivity index (χ3n) is 6.08. The number of hydrogen-bond acceptors (Lipinski definition) is 3. The average molecular weight is 458 g/mol. The minimum absolute atomic E-state index is 0.0483. The van der Waals surface area contributed by atoms with Crippen LogP contribution in [0.5, 0.6) is 0 Å². The van der Waals surface area contributed by atoms with Crippen LogP contribution < -0.4 is 10.6 Å². The van der Waals surface area contributed by atoms with Gasteiger partial charge in [0.15, 0.2) is 0 Å². The molecule has 33 heavy (non-hydrogen) atoms. The van der Waals surface area contributed by atoms with E-state index in [1.807, 2.05) is 0 Å². The summed E-state index contributed by atoms with van der Waals surface area (Å²) in [5.74, 6) is -1.15. The Balaban J connectivity index is 1.50. The van der Waals surface area contributed by atoms with E-state index >= 15 is 0 Å². The summed E-state index contributed by atoms with van der Waals surface area (Å²) in [4.78, 5) is 27.4. The molecule has 0 radical (unpaired) electrons. The van der Waals surface area contributed by atoms with Gasteiger partial charge in [0.25, 0.3) is 5.91 Å². The van der Waals surface area contributed by atoms with Crippen LogP contribution in [0.4, 0.5) is 8.78 Å². The molecule has 5 nitrogen and oxygen atoms in total. The molecule has 0 spiro atoms. The average Bonchev–Trinajstić information content (AvgIpc) is 2.81. The second-order valence-corrected chi connectivity index (χ2v) is 9.03. The molecule has 0 aliphatic carbocycles. The molecule has 1 aliphatic heterocycles. The Labute approximate surface area is 194 Å². The molecule has 3 rings (SSSR count). The summed E-state index contributed by atoms with van der Waals surface area (Å²) in [6, 6.07) is 10.3. The Bertz CT molecular complexity index is 927. The van der Waals surface area contributed by atoms with Gasteiger partial charge in [-0.1, -0.05) is 38.5 Å². The molecule has 1 atom stereocenters. The Kier molecular flexibility index (Phi) is 8.95. The fourth-order valence-corrected chi connectivity index (χ4v) is 4.03. The maximum Gasteiger partial charge on any atom is 0.251 e. The lowest BCUT2D eigenvalue weighted by Gasteiger charge is -2.35. The number of carbonyl (C=O) groups excluding carboxylic acids is 2. The molecule has 0 bridgehead atoms. The van der Waals surface area contributed by atoms with E-state index in [0.29, 0.717) is 18.0 Å². The second-order valence-electron chi connectivity index (χ2n) is 9.03. The standard InChI is InChI=1S/C26H33F2N3O2/c1-18(2)13-15-31-14-4-3-8-24(31)26(33)29-16-19-9-11-20(12-10-19)25(32)30-17-21-22(27)6-5-7-23(21)28/h5-7,9-12,18,24H,3-4,8,13-17H2,1-2H3,(H,29,33)(H,30,32). The lowest BCUT2D eigenvalue weighted by molar-refractivity contribution is -0.127. The Morgan fingerprint density at radius 2 is 1.70 bits per heavy atom. The number of halogens is 2. The van der Waals surface area contributed by atoms with Crippen molar-refractivity contribution in [1.29, 1.82) is 0 Å². The van der Waals surface area contributed by atoms with Gasteiger partial charge in [0, 0.05) is 24.2 Å². The number of nitrogens with zero attached hydrogens (tertiary/aromatic N) is 1. The summed E-state index contributed by atoms with van der Waals surface area (Å²) < 4.78 is 27.4. The predicted molar refractivity (Wildman–Crippen MR) is 124 cm³/mol. The van der Waals surface area contributed by atoms with Crippen molar-refractivity contribution in [3.63, 3.8) is 0 Å². The van der Waals surface area contributed by atoms with Gasteiger partial charge in [-0.2, -0.15) is 0 Å². The van der Waals surface area contributed by atoms with Crippen LogP contribution in [0.15, 0.2) is 42.5 Å². The third-order valence-corrected chi connectivity index (χ3v) is 6.08. The number of hydrogen-bond donors (Lipinski definition) is 2. The highest BCUT2D eigenvalue weighted by atomic mass is 19.1. The molecule has 2 N–H and O–H groups in total. The van der Waals surface area contributed by atoms with Crippen LogP contribution in [-0.4, -0.2) is 35.8 Å². The lowest BCUT2D eigenvalue weighted by Crippen LogP contribution is -2.49. The first-order valence-corrected chi connectivity index (χ1v) is 11.7. The first kappa shape index (κ1) is 24.8. The quantitative estimate of drug-likeness (QED) is 0.586. The maximum atomic E-state index is 13.7. The Morgan fingerprint density at radius 1 is 1.00 bits per heavy atom. The Morgan fingerprint density at radius 3 is 2.36 bits per heavy atom. The van der Waals surface area contributed by atoms with Crippen molar-refractivity contribution < 1.29 is 18.4 Å². The van der Waals surface area contributed by atoms with Gasteiger partial charge in [-0.05, 0) is 68.1 Å². The number of rotatable bonds is 9. The van der Waals surface area contributed by atoms with Crippen LogP contribution in [-0.2, 0) is 17.9 Å². The molecule has 7 heteroatoms. The highest BCUT2D eigenvalue weighted by Gasteiger charge is 2.28. The largest absolute Gasteiger partial charge is 0.351 e. The molecule has 1 heterocycles. The molecule has 1 aliphatic rings. The smallest absolute Gasteiger partial charge is 0.251 e. The lowest BCUT2D eigenvalue weighted by atomic mass is 9.99. The summed E-state index contributed by atoms with van der Waals surface area (Å²) >= 11 is 0. The summed E-state index contributed by atoms with van der Waals surface area (Å²) in [5.41, 5.74) is 1.09. The zero-order valence-electron chi connectivity index (χ0n) is 19.4. The van der Waals surface area contributed by atoms with Gasteiger partial charge in [-0.3, -0.25) is 14.5 Å². The molecule has 1 fully saturated rings. The third kappa shape index (κ3) is 7.09.